The number of nitrogens with one attached hydrogen (secondary N) is 2. The molecule has 0 fully saturated rings. The Morgan fingerprint density at radius 2 is 1.64 bits per heavy atom. The molecule has 0 bridgehead atoms. The number of hydrogen-bond donors (Lipinski definition) is 4. The summed E-state index contributed by atoms with van der Waals surface area (Å²) in [6, 6.07) is 25.5. The van der Waals surface area contributed by atoms with E-state index in [4.69, 9.17) is 16.3 Å². The molecule has 0 saturated heterocycles. The first-order valence-electron chi connectivity index (χ1n) is 10.8. The van der Waals surface area contributed by atoms with Gasteiger partial charge < -0.3 is 11.1 Å². The summed E-state index contributed by atoms with van der Waals surface area (Å²) in [7, 11) is -3.90. The molecule has 0 aliphatic rings. The molecule has 6 N–H and O–H groups in total. The fraction of sp³-hybridized carbons (Fsp3) is 0. The number of rotatable bonds is 7. The molecule has 0 saturated carbocycles. The molecule has 0 radical (unpaired) electrons. The summed E-state index contributed by atoms with van der Waals surface area (Å²) >= 11 is 0. The van der Waals surface area contributed by atoms with Gasteiger partial charge in [0, 0.05) is 23.0 Å². The average molecular weight is 498 g/mol. The molecule has 0 aliphatic carbocycles. The number of carbonyl (C=O) groups is 1. The number of primary sulfonamides is 1. The maximum atomic E-state index is 13.3. The molecule has 1 aromatic heterocycles. The van der Waals surface area contributed by atoms with Gasteiger partial charge in [-0.3, -0.25) is 15.2 Å². The van der Waals surface area contributed by atoms with Crippen molar-refractivity contribution in [3.05, 3.63) is 114 Å². The highest BCUT2D eigenvalue weighted by Gasteiger charge is 2.16. The van der Waals surface area contributed by atoms with Gasteiger partial charge in [0.05, 0.1) is 16.2 Å². The van der Waals surface area contributed by atoms with Gasteiger partial charge in [-0.15, -0.1) is 0 Å². The Labute approximate surface area is 208 Å². The van der Waals surface area contributed by atoms with Crippen molar-refractivity contribution in [3.63, 3.8) is 0 Å². The van der Waals surface area contributed by atoms with E-state index in [0.717, 1.165) is 0 Å². The summed E-state index contributed by atoms with van der Waals surface area (Å²) in [6.45, 7) is 0. The number of nitrogens with two attached hydrogens (primary N) is 2. The molecule has 8 nitrogen and oxygen atoms in total. The van der Waals surface area contributed by atoms with Crippen molar-refractivity contribution in [2.75, 3.05) is 5.32 Å². The highest BCUT2D eigenvalue weighted by atomic mass is 32.2. The third-order valence-corrected chi connectivity index (χ3v) is 6.31. The first-order valence-corrected chi connectivity index (χ1v) is 12.4. The van der Waals surface area contributed by atoms with Crippen molar-refractivity contribution in [1.29, 1.82) is 5.41 Å². The van der Waals surface area contributed by atoms with E-state index in [2.05, 4.69) is 10.3 Å². The van der Waals surface area contributed by atoms with E-state index in [1.54, 1.807) is 97.2 Å². The predicted octanol–water partition coefficient (Wildman–Crippen LogP) is 3.86. The molecule has 3 aromatic carbocycles. The lowest BCUT2D eigenvalue weighted by atomic mass is 10.0. The van der Waals surface area contributed by atoms with Crippen molar-refractivity contribution in [1.82, 2.24) is 4.98 Å². The summed E-state index contributed by atoms with van der Waals surface area (Å²) in [5.41, 5.74) is 9.25. The Kier molecular flexibility index (Phi) is 7.05. The Bertz CT molecular complexity index is 1560. The van der Waals surface area contributed by atoms with Gasteiger partial charge in [0.2, 0.25) is 10.0 Å². The summed E-state index contributed by atoms with van der Waals surface area (Å²) in [5, 5.41) is 15.9. The van der Waals surface area contributed by atoms with Crippen LogP contribution in [0.25, 0.3) is 22.8 Å². The topological polar surface area (TPSA) is 152 Å². The predicted molar refractivity (Wildman–Crippen MR) is 141 cm³/mol. The second-order valence-corrected chi connectivity index (χ2v) is 9.41. The largest absolute Gasteiger partial charge is 0.384 e. The fourth-order valence-corrected chi connectivity index (χ4v) is 4.39. The second kappa shape index (κ2) is 10.3. The third-order valence-electron chi connectivity index (χ3n) is 5.34. The zero-order valence-electron chi connectivity index (χ0n) is 19.0. The van der Waals surface area contributed by atoms with Crippen molar-refractivity contribution in [2.45, 2.75) is 4.90 Å². The van der Waals surface area contributed by atoms with E-state index in [0.29, 0.717) is 39.2 Å². The van der Waals surface area contributed by atoms with Crippen LogP contribution < -0.4 is 16.2 Å². The van der Waals surface area contributed by atoms with Crippen LogP contribution in [0, 0.1) is 5.41 Å². The van der Waals surface area contributed by atoms with Gasteiger partial charge in [-0.1, -0.05) is 54.6 Å². The molecule has 36 heavy (non-hydrogen) atoms. The lowest BCUT2D eigenvalue weighted by Gasteiger charge is -2.11. The molecule has 0 unspecified atom stereocenters. The third kappa shape index (κ3) is 5.72. The van der Waals surface area contributed by atoms with Crippen molar-refractivity contribution in [2.24, 2.45) is 10.9 Å². The SMILES string of the molecule is N=C(N)c1cccc(/C=C(\C(=O)Nc2ccc(-c3ccccc3S(N)(=O)=O)cc2)c2ccccn2)c1. The van der Waals surface area contributed by atoms with Gasteiger partial charge in [0.1, 0.15) is 5.84 Å². The van der Waals surface area contributed by atoms with Gasteiger partial charge >= 0.3 is 0 Å². The zero-order valence-corrected chi connectivity index (χ0v) is 19.9. The number of pyridine rings is 1. The van der Waals surface area contributed by atoms with E-state index < -0.39 is 10.0 Å². The monoisotopic (exact) mass is 497 g/mol. The maximum absolute atomic E-state index is 13.3. The number of sulfonamides is 1. The summed E-state index contributed by atoms with van der Waals surface area (Å²) in [4.78, 5) is 17.6. The molecule has 0 atom stereocenters. The van der Waals surface area contributed by atoms with Crippen LogP contribution in [-0.4, -0.2) is 25.1 Å². The number of anilines is 1. The minimum absolute atomic E-state index is 0.0231. The van der Waals surface area contributed by atoms with Crippen molar-refractivity contribution in [3.8, 4) is 11.1 Å². The number of benzene rings is 3. The van der Waals surface area contributed by atoms with Gasteiger partial charge in [-0.05, 0) is 53.6 Å². The van der Waals surface area contributed by atoms with Gasteiger partial charge in [-0.25, -0.2) is 13.6 Å². The van der Waals surface area contributed by atoms with Gasteiger partial charge in [-0.2, -0.15) is 0 Å². The summed E-state index contributed by atoms with van der Waals surface area (Å²) < 4.78 is 23.9. The van der Waals surface area contributed by atoms with Crippen molar-refractivity contribution >= 4 is 39.1 Å². The smallest absolute Gasteiger partial charge is 0.257 e. The first kappa shape index (κ1) is 24.5. The molecule has 4 rings (SSSR count). The lowest BCUT2D eigenvalue weighted by molar-refractivity contribution is -0.111. The van der Waals surface area contributed by atoms with E-state index in [-0.39, 0.29) is 16.6 Å². The highest BCUT2D eigenvalue weighted by Crippen LogP contribution is 2.28. The van der Waals surface area contributed by atoms with Crippen LogP contribution in [0.4, 0.5) is 5.69 Å². The molecule has 9 heteroatoms. The van der Waals surface area contributed by atoms with Gasteiger partial charge in [0.25, 0.3) is 5.91 Å². The number of aromatic nitrogens is 1. The number of amides is 1. The number of nitrogens with zero attached hydrogens (tertiary/aromatic N) is 1. The minimum atomic E-state index is -3.90. The molecule has 1 heterocycles. The molecular weight excluding hydrogens is 474 g/mol. The number of nitrogen functional groups attached to an aromatic ring is 1. The average Bonchev–Trinajstić information content (AvgIpc) is 2.88. The van der Waals surface area contributed by atoms with Crippen LogP contribution in [0.2, 0.25) is 0 Å². The van der Waals surface area contributed by atoms with Crippen LogP contribution >= 0.6 is 0 Å². The van der Waals surface area contributed by atoms with E-state index in [1.165, 1.54) is 6.07 Å². The van der Waals surface area contributed by atoms with Crippen LogP contribution in [0.1, 0.15) is 16.8 Å². The maximum Gasteiger partial charge on any atom is 0.257 e. The van der Waals surface area contributed by atoms with Crippen LogP contribution in [0.5, 0.6) is 0 Å². The van der Waals surface area contributed by atoms with Crippen LogP contribution in [0.3, 0.4) is 0 Å². The lowest BCUT2D eigenvalue weighted by Crippen LogP contribution is -2.15. The second-order valence-electron chi connectivity index (χ2n) is 7.88. The summed E-state index contributed by atoms with van der Waals surface area (Å²) in [6.07, 6.45) is 3.28. The zero-order chi connectivity index (χ0) is 25.7. The first-order chi connectivity index (χ1) is 17.2. The Balaban J connectivity index is 1.65. The minimum Gasteiger partial charge on any atom is -0.384 e. The Hall–Kier alpha value is -4.60. The molecule has 1 amide bonds. The Morgan fingerprint density at radius 3 is 2.31 bits per heavy atom. The molecule has 0 spiro atoms. The molecular formula is C27H23N5O3S. The number of amidine groups is 1. The summed E-state index contributed by atoms with van der Waals surface area (Å²) in [5.74, 6) is -0.460. The van der Waals surface area contributed by atoms with Crippen molar-refractivity contribution < 1.29 is 13.2 Å². The molecule has 4 aromatic rings. The quantitative estimate of drug-likeness (QED) is 0.174. The molecule has 0 aliphatic heterocycles. The normalized spacial score (nSPS) is 11.6. The van der Waals surface area contributed by atoms with Crippen LogP contribution in [0.15, 0.2) is 102 Å². The molecule has 180 valence electrons. The highest BCUT2D eigenvalue weighted by molar-refractivity contribution is 7.89. The standard InChI is InChI=1S/C27H23N5O3S/c28-26(29)20-7-5-6-18(16-20)17-23(24-9-3-4-15-31-24)27(33)32-21-13-11-19(12-14-21)22-8-1-2-10-25(22)36(30,34)35/h1-17H,(H3,28,29)(H,32,33)(H2,30,34,35)/b23-17-. The van der Waals surface area contributed by atoms with Crippen LogP contribution in [-0.2, 0) is 14.8 Å². The van der Waals surface area contributed by atoms with E-state index in [1.807, 2.05) is 0 Å². The number of hydrogen-bond acceptors (Lipinski definition) is 5. The number of carbonyl (C=O) groups excluding carboxylic acids is 1. The fourth-order valence-electron chi connectivity index (χ4n) is 3.63. The van der Waals surface area contributed by atoms with E-state index in [9.17, 15) is 13.2 Å². The Morgan fingerprint density at radius 1 is 0.917 bits per heavy atom. The van der Waals surface area contributed by atoms with Gasteiger partial charge in [0.15, 0.2) is 0 Å². The van der Waals surface area contributed by atoms with E-state index >= 15 is 0 Å².